The lowest BCUT2D eigenvalue weighted by molar-refractivity contribution is -0.195. The largest absolute Gasteiger partial charge is 0.353 e. The Morgan fingerprint density at radius 3 is 2.42 bits per heavy atom. The first kappa shape index (κ1) is 25.7. The Kier molecular flexibility index (Phi) is 8.63. The predicted molar refractivity (Wildman–Crippen MR) is 133 cm³/mol. The third kappa shape index (κ3) is 7.06. The molecule has 2 aliphatic carbocycles. The van der Waals surface area contributed by atoms with E-state index in [-0.39, 0.29) is 23.9 Å². The Balaban J connectivity index is 1.29. The minimum absolute atomic E-state index is 0.0411. The molecule has 2 heterocycles. The quantitative estimate of drug-likeness (QED) is 0.264. The smallest absolute Gasteiger partial charge is 0.163 e. The van der Waals surface area contributed by atoms with Gasteiger partial charge in [0.25, 0.3) is 0 Å². The van der Waals surface area contributed by atoms with Crippen LogP contribution in [-0.2, 0) is 18.9 Å². The number of ether oxygens (including phenoxy) is 4. The van der Waals surface area contributed by atoms with Crippen molar-refractivity contribution in [1.29, 1.82) is 0 Å². The molecule has 4 heteroatoms. The Hall–Kier alpha value is -0.420. The summed E-state index contributed by atoms with van der Waals surface area (Å²) in [6.45, 7) is 12.1. The number of fused-ring (bicyclic) bond motifs is 1. The molecule has 0 amide bonds. The Morgan fingerprint density at radius 1 is 0.970 bits per heavy atom. The van der Waals surface area contributed by atoms with Crippen molar-refractivity contribution in [2.45, 2.75) is 142 Å². The van der Waals surface area contributed by atoms with E-state index in [9.17, 15) is 0 Å². The molecule has 4 nitrogen and oxygen atoms in total. The van der Waals surface area contributed by atoms with E-state index >= 15 is 0 Å². The van der Waals surface area contributed by atoms with Crippen LogP contribution in [0.3, 0.4) is 0 Å². The SMILES string of the molecule is CC(C)CCCC[C@@H]1C[C@H](/C=C/C2(C)CCC(OC3CCCCO3)CC2)[C@H]2OC(C)(C)O[C@@H]12. The second-order valence-electron chi connectivity index (χ2n) is 12.5. The summed E-state index contributed by atoms with van der Waals surface area (Å²) in [6, 6.07) is 0. The minimum atomic E-state index is -0.446. The van der Waals surface area contributed by atoms with Crippen molar-refractivity contribution in [2.75, 3.05) is 6.61 Å². The molecule has 5 atom stereocenters. The van der Waals surface area contributed by atoms with Gasteiger partial charge in [-0.05, 0) is 88.9 Å². The first-order chi connectivity index (χ1) is 15.7. The second-order valence-corrected chi connectivity index (χ2v) is 12.5. The van der Waals surface area contributed by atoms with Gasteiger partial charge in [-0.3, -0.25) is 0 Å². The van der Waals surface area contributed by atoms with Crippen molar-refractivity contribution in [2.24, 2.45) is 23.2 Å². The van der Waals surface area contributed by atoms with E-state index in [1.165, 1.54) is 57.8 Å². The molecule has 0 radical (unpaired) electrons. The molecule has 190 valence electrons. The van der Waals surface area contributed by atoms with Gasteiger partial charge in [-0.1, -0.05) is 52.2 Å². The monoisotopic (exact) mass is 462 g/mol. The van der Waals surface area contributed by atoms with E-state index in [4.69, 9.17) is 18.9 Å². The fourth-order valence-corrected chi connectivity index (χ4v) is 6.50. The lowest BCUT2D eigenvalue weighted by atomic mass is 9.74. The van der Waals surface area contributed by atoms with Crippen molar-refractivity contribution in [3.05, 3.63) is 12.2 Å². The van der Waals surface area contributed by atoms with E-state index in [0.717, 1.165) is 31.8 Å². The van der Waals surface area contributed by atoms with Gasteiger partial charge in [0.05, 0.1) is 18.3 Å². The summed E-state index contributed by atoms with van der Waals surface area (Å²) in [5, 5.41) is 0. The summed E-state index contributed by atoms with van der Waals surface area (Å²) in [7, 11) is 0. The van der Waals surface area contributed by atoms with E-state index in [1.807, 2.05) is 0 Å². The Morgan fingerprint density at radius 2 is 1.73 bits per heavy atom. The summed E-state index contributed by atoms with van der Waals surface area (Å²) in [5.74, 6) is 1.47. The highest BCUT2D eigenvalue weighted by Crippen LogP contribution is 2.48. The fraction of sp³-hybridized carbons (Fsp3) is 0.931. The molecule has 4 aliphatic rings. The molecule has 0 aromatic rings. The van der Waals surface area contributed by atoms with Crippen molar-refractivity contribution in [1.82, 2.24) is 0 Å². The molecule has 2 saturated carbocycles. The summed E-state index contributed by atoms with van der Waals surface area (Å²) in [5.41, 5.74) is 0.271. The van der Waals surface area contributed by atoms with Crippen molar-refractivity contribution in [3.8, 4) is 0 Å². The summed E-state index contributed by atoms with van der Waals surface area (Å²) in [4.78, 5) is 0. The van der Waals surface area contributed by atoms with Gasteiger partial charge in [-0.15, -0.1) is 0 Å². The van der Waals surface area contributed by atoms with Gasteiger partial charge in [-0.2, -0.15) is 0 Å². The van der Waals surface area contributed by atoms with E-state index < -0.39 is 5.79 Å². The zero-order chi connectivity index (χ0) is 23.5. The van der Waals surface area contributed by atoms with Gasteiger partial charge in [0.1, 0.15) is 0 Å². The first-order valence-corrected chi connectivity index (χ1v) is 14.1. The second kappa shape index (κ2) is 11.1. The average Bonchev–Trinajstić information content (AvgIpc) is 3.25. The van der Waals surface area contributed by atoms with Crippen LogP contribution in [0.2, 0.25) is 0 Å². The van der Waals surface area contributed by atoms with Crippen molar-refractivity contribution >= 4 is 0 Å². The van der Waals surface area contributed by atoms with Crippen LogP contribution in [0, 0.1) is 23.2 Å². The molecular formula is C29H50O4. The number of hydrogen-bond acceptors (Lipinski definition) is 4. The van der Waals surface area contributed by atoms with Gasteiger partial charge in [0.2, 0.25) is 0 Å². The Bertz CT molecular complexity index is 628. The number of hydrogen-bond donors (Lipinski definition) is 0. The molecular weight excluding hydrogens is 412 g/mol. The molecule has 1 unspecified atom stereocenters. The van der Waals surface area contributed by atoms with Crippen LogP contribution in [-0.4, -0.2) is 37.0 Å². The highest BCUT2D eigenvalue weighted by molar-refractivity contribution is 5.09. The molecule has 2 aliphatic heterocycles. The molecule has 0 aromatic heterocycles. The topological polar surface area (TPSA) is 36.9 Å². The number of rotatable bonds is 9. The van der Waals surface area contributed by atoms with Crippen LogP contribution >= 0.6 is 0 Å². The van der Waals surface area contributed by atoms with E-state index in [2.05, 4.69) is 46.8 Å². The minimum Gasteiger partial charge on any atom is -0.353 e. The van der Waals surface area contributed by atoms with E-state index in [0.29, 0.717) is 17.9 Å². The average molecular weight is 463 g/mol. The maximum absolute atomic E-state index is 6.43. The number of allylic oxidation sites excluding steroid dienone is 1. The molecule has 0 bridgehead atoms. The molecule has 0 aromatic carbocycles. The zero-order valence-corrected chi connectivity index (χ0v) is 22.0. The van der Waals surface area contributed by atoms with E-state index in [1.54, 1.807) is 0 Å². The van der Waals surface area contributed by atoms with Crippen LogP contribution in [0.4, 0.5) is 0 Å². The molecule has 4 fully saturated rings. The summed E-state index contributed by atoms with van der Waals surface area (Å²) >= 11 is 0. The highest BCUT2D eigenvalue weighted by Gasteiger charge is 2.52. The van der Waals surface area contributed by atoms with Crippen LogP contribution < -0.4 is 0 Å². The van der Waals surface area contributed by atoms with Gasteiger partial charge in [0.15, 0.2) is 12.1 Å². The van der Waals surface area contributed by atoms with Crippen molar-refractivity contribution in [3.63, 3.8) is 0 Å². The maximum Gasteiger partial charge on any atom is 0.163 e. The van der Waals surface area contributed by atoms with Crippen molar-refractivity contribution < 1.29 is 18.9 Å². The van der Waals surface area contributed by atoms with Crippen LogP contribution in [0.1, 0.15) is 112 Å². The highest BCUT2D eigenvalue weighted by atomic mass is 16.8. The molecule has 0 N–H and O–H groups in total. The first-order valence-electron chi connectivity index (χ1n) is 14.1. The summed E-state index contributed by atoms with van der Waals surface area (Å²) in [6.07, 6.45) is 20.6. The predicted octanol–water partition coefficient (Wildman–Crippen LogP) is 7.41. The molecule has 4 rings (SSSR count). The molecule has 33 heavy (non-hydrogen) atoms. The normalized spacial score (nSPS) is 41.2. The van der Waals surface area contributed by atoms with Crippen LogP contribution in [0.5, 0.6) is 0 Å². The van der Waals surface area contributed by atoms with Crippen LogP contribution in [0.25, 0.3) is 0 Å². The van der Waals surface area contributed by atoms with Gasteiger partial charge >= 0.3 is 0 Å². The molecule has 0 spiro atoms. The zero-order valence-electron chi connectivity index (χ0n) is 22.0. The van der Waals surface area contributed by atoms with Crippen LogP contribution in [0.15, 0.2) is 12.2 Å². The van der Waals surface area contributed by atoms with Gasteiger partial charge in [0, 0.05) is 12.5 Å². The lowest BCUT2D eigenvalue weighted by Gasteiger charge is -2.37. The Labute approximate surface area is 203 Å². The summed E-state index contributed by atoms with van der Waals surface area (Å²) < 4.78 is 24.9. The third-order valence-electron chi connectivity index (χ3n) is 8.53. The maximum atomic E-state index is 6.43. The van der Waals surface area contributed by atoms with Gasteiger partial charge < -0.3 is 18.9 Å². The lowest BCUT2D eigenvalue weighted by Crippen LogP contribution is -2.33. The fourth-order valence-electron chi connectivity index (χ4n) is 6.50. The van der Waals surface area contributed by atoms with Gasteiger partial charge in [-0.25, -0.2) is 0 Å². The third-order valence-corrected chi connectivity index (χ3v) is 8.53. The molecule has 2 saturated heterocycles. The standard InChI is InChI=1S/C29H50O4/c1-21(2)10-6-7-11-22-20-23(27-26(22)32-28(3,4)33-27)13-16-29(5)17-14-24(15-18-29)31-25-12-8-9-19-30-25/h13,16,21-27H,6-12,14-15,17-20H2,1-5H3/b16-13+/t22-,23+,24?,25?,26+,27-,29?/m1/s1. The number of unbranched alkanes of at least 4 members (excludes halogenated alkanes) is 1.